The number of carbonyl (C=O) groups excluding carboxylic acids is 2. The largest absolute Gasteiger partial charge is 0.346 e. The van der Waals surface area contributed by atoms with E-state index in [4.69, 9.17) is 5.21 Å². The van der Waals surface area contributed by atoms with Gasteiger partial charge in [-0.1, -0.05) is 54.6 Å². The zero-order valence-corrected chi connectivity index (χ0v) is 14.8. The molecule has 0 saturated heterocycles. The molecule has 0 radical (unpaired) electrons. The molecule has 0 aliphatic carbocycles. The van der Waals surface area contributed by atoms with Gasteiger partial charge in [0.1, 0.15) is 0 Å². The summed E-state index contributed by atoms with van der Waals surface area (Å²) in [5.74, 6) is -0.740. The molecule has 27 heavy (non-hydrogen) atoms. The lowest BCUT2D eigenvalue weighted by Crippen LogP contribution is -2.26. The van der Waals surface area contributed by atoms with Gasteiger partial charge in [0.25, 0.3) is 11.8 Å². The Hall–Kier alpha value is -3.44. The van der Waals surface area contributed by atoms with Gasteiger partial charge in [-0.2, -0.15) is 0 Å². The van der Waals surface area contributed by atoms with Crippen molar-refractivity contribution in [3.8, 4) is 11.1 Å². The fraction of sp³-hybridized carbons (Fsp3) is 0.0909. The Labute approximate surface area is 157 Å². The van der Waals surface area contributed by atoms with Crippen molar-refractivity contribution in [2.24, 2.45) is 0 Å². The molecule has 0 spiro atoms. The van der Waals surface area contributed by atoms with Crippen molar-refractivity contribution in [1.82, 2.24) is 10.8 Å². The predicted octanol–water partition coefficient (Wildman–Crippen LogP) is 3.96. The topological polar surface area (TPSA) is 78.4 Å². The first kappa shape index (κ1) is 18.4. The Morgan fingerprint density at radius 2 is 1.26 bits per heavy atom. The minimum Gasteiger partial charge on any atom is -0.346 e. The summed E-state index contributed by atoms with van der Waals surface area (Å²) in [5, 5.41) is 11.6. The van der Waals surface area contributed by atoms with Crippen molar-refractivity contribution < 1.29 is 14.8 Å². The van der Waals surface area contributed by atoms with Crippen LogP contribution in [0.1, 0.15) is 39.2 Å². The molecular formula is C22H20N2O3. The summed E-state index contributed by atoms with van der Waals surface area (Å²) in [4.78, 5) is 23.8. The molecule has 0 aliphatic rings. The molecule has 3 N–H and O–H groups in total. The molecule has 1 atom stereocenters. The van der Waals surface area contributed by atoms with Crippen LogP contribution in [0, 0.1) is 0 Å². The van der Waals surface area contributed by atoms with Gasteiger partial charge in [0.2, 0.25) is 0 Å². The Bertz CT molecular complexity index is 920. The van der Waals surface area contributed by atoms with E-state index in [1.54, 1.807) is 41.9 Å². The Kier molecular flexibility index (Phi) is 5.64. The van der Waals surface area contributed by atoms with Gasteiger partial charge in [0.15, 0.2) is 0 Å². The van der Waals surface area contributed by atoms with Crippen LogP contribution >= 0.6 is 0 Å². The van der Waals surface area contributed by atoms with Crippen LogP contribution in [-0.2, 0) is 0 Å². The smallest absolute Gasteiger partial charge is 0.274 e. The number of benzene rings is 3. The highest BCUT2D eigenvalue weighted by Gasteiger charge is 2.12. The van der Waals surface area contributed by atoms with Crippen molar-refractivity contribution in [2.75, 3.05) is 0 Å². The van der Waals surface area contributed by atoms with Crippen LogP contribution in [0.2, 0.25) is 0 Å². The minimum atomic E-state index is -0.572. The highest BCUT2D eigenvalue weighted by atomic mass is 16.5. The summed E-state index contributed by atoms with van der Waals surface area (Å²) in [5.41, 5.74) is 5.53. The summed E-state index contributed by atoms with van der Waals surface area (Å²) in [6.45, 7) is 1.87. The minimum absolute atomic E-state index is 0.167. The molecule has 1 unspecified atom stereocenters. The SMILES string of the molecule is CC(NC(=O)c1ccc(-c2ccccc2)cc1)c1ccc(C(=O)NO)cc1. The summed E-state index contributed by atoms with van der Waals surface area (Å²) in [6, 6.07) is 23.9. The number of nitrogens with one attached hydrogen (secondary N) is 2. The zero-order chi connectivity index (χ0) is 19.2. The van der Waals surface area contributed by atoms with Gasteiger partial charge in [-0.05, 0) is 47.9 Å². The first-order valence-electron chi connectivity index (χ1n) is 8.59. The molecule has 0 saturated carbocycles. The number of carbonyl (C=O) groups is 2. The van der Waals surface area contributed by atoms with E-state index in [1.807, 2.05) is 49.4 Å². The van der Waals surface area contributed by atoms with Crippen molar-refractivity contribution >= 4 is 11.8 Å². The van der Waals surface area contributed by atoms with Gasteiger partial charge in [0, 0.05) is 11.1 Å². The van der Waals surface area contributed by atoms with Crippen molar-refractivity contribution in [3.05, 3.63) is 95.6 Å². The molecule has 0 bridgehead atoms. The highest BCUT2D eigenvalue weighted by molar-refractivity contribution is 5.95. The Morgan fingerprint density at radius 3 is 1.85 bits per heavy atom. The zero-order valence-electron chi connectivity index (χ0n) is 14.8. The fourth-order valence-corrected chi connectivity index (χ4v) is 2.80. The van der Waals surface area contributed by atoms with Crippen molar-refractivity contribution in [2.45, 2.75) is 13.0 Å². The van der Waals surface area contributed by atoms with Gasteiger partial charge >= 0.3 is 0 Å². The molecule has 2 amide bonds. The third-order valence-corrected chi connectivity index (χ3v) is 4.38. The Balaban J connectivity index is 1.67. The molecule has 3 rings (SSSR count). The summed E-state index contributed by atoms with van der Waals surface area (Å²) >= 11 is 0. The van der Waals surface area contributed by atoms with E-state index < -0.39 is 5.91 Å². The Morgan fingerprint density at radius 1 is 0.741 bits per heavy atom. The fourth-order valence-electron chi connectivity index (χ4n) is 2.80. The molecule has 5 heteroatoms. The maximum absolute atomic E-state index is 12.5. The summed E-state index contributed by atoms with van der Waals surface area (Å²) < 4.78 is 0. The summed E-state index contributed by atoms with van der Waals surface area (Å²) in [7, 11) is 0. The van der Waals surface area contributed by atoms with Crippen LogP contribution < -0.4 is 10.8 Å². The quantitative estimate of drug-likeness (QED) is 0.476. The molecular weight excluding hydrogens is 340 g/mol. The third-order valence-electron chi connectivity index (χ3n) is 4.38. The average Bonchev–Trinajstić information content (AvgIpc) is 2.74. The standard InChI is InChI=1S/C22H20N2O3/c1-15(16-7-11-20(12-8-16)22(26)24-27)23-21(25)19-13-9-18(10-14-19)17-5-3-2-4-6-17/h2-15,27H,1H3,(H,23,25)(H,24,26). The van der Waals surface area contributed by atoms with Crippen LogP contribution in [0.25, 0.3) is 11.1 Å². The van der Waals surface area contributed by atoms with Crippen LogP contribution in [0.5, 0.6) is 0 Å². The van der Waals surface area contributed by atoms with Gasteiger partial charge < -0.3 is 5.32 Å². The van der Waals surface area contributed by atoms with Crippen LogP contribution in [0.3, 0.4) is 0 Å². The normalized spacial score (nSPS) is 11.5. The third kappa shape index (κ3) is 4.40. The molecule has 0 fully saturated rings. The summed E-state index contributed by atoms with van der Waals surface area (Å²) in [6.07, 6.45) is 0. The lowest BCUT2D eigenvalue weighted by molar-refractivity contribution is 0.0706. The molecule has 0 aliphatic heterocycles. The van der Waals surface area contributed by atoms with E-state index in [0.29, 0.717) is 11.1 Å². The van der Waals surface area contributed by atoms with E-state index >= 15 is 0 Å². The van der Waals surface area contributed by atoms with Crippen LogP contribution in [0.4, 0.5) is 0 Å². The molecule has 0 aromatic heterocycles. The second kappa shape index (κ2) is 8.29. The van der Waals surface area contributed by atoms with Gasteiger partial charge in [-0.15, -0.1) is 0 Å². The van der Waals surface area contributed by atoms with E-state index in [1.165, 1.54) is 0 Å². The molecule has 5 nitrogen and oxygen atoms in total. The molecule has 136 valence electrons. The number of rotatable bonds is 5. The number of hydrogen-bond donors (Lipinski definition) is 3. The van der Waals surface area contributed by atoms with E-state index in [2.05, 4.69) is 5.32 Å². The number of hydroxylamine groups is 1. The molecule has 0 heterocycles. The first-order valence-corrected chi connectivity index (χ1v) is 8.59. The van der Waals surface area contributed by atoms with Crippen molar-refractivity contribution in [3.63, 3.8) is 0 Å². The van der Waals surface area contributed by atoms with Gasteiger partial charge in [-0.25, -0.2) is 5.48 Å². The van der Waals surface area contributed by atoms with Gasteiger partial charge in [-0.3, -0.25) is 14.8 Å². The van der Waals surface area contributed by atoms with Crippen molar-refractivity contribution in [1.29, 1.82) is 0 Å². The average molecular weight is 360 g/mol. The molecule has 3 aromatic carbocycles. The maximum Gasteiger partial charge on any atom is 0.274 e. The second-order valence-corrected chi connectivity index (χ2v) is 6.20. The van der Waals surface area contributed by atoms with E-state index in [-0.39, 0.29) is 11.9 Å². The van der Waals surface area contributed by atoms with Gasteiger partial charge in [0.05, 0.1) is 6.04 Å². The monoisotopic (exact) mass is 360 g/mol. The number of hydrogen-bond acceptors (Lipinski definition) is 3. The lowest BCUT2D eigenvalue weighted by atomic mass is 10.0. The predicted molar refractivity (Wildman–Crippen MR) is 103 cm³/mol. The van der Waals surface area contributed by atoms with Crippen LogP contribution in [0.15, 0.2) is 78.9 Å². The highest BCUT2D eigenvalue weighted by Crippen LogP contribution is 2.20. The number of amides is 2. The van der Waals surface area contributed by atoms with Crippen LogP contribution in [-0.4, -0.2) is 17.0 Å². The van der Waals surface area contributed by atoms with E-state index in [0.717, 1.165) is 16.7 Å². The maximum atomic E-state index is 12.5. The lowest BCUT2D eigenvalue weighted by Gasteiger charge is -2.15. The first-order chi connectivity index (χ1) is 13.1. The van der Waals surface area contributed by atoms with E-state index in [9.17, 15) is 9.59 Å². The second-order valence-electron chi connectivity index (χ2n) is 6.20. The molecule has 3 aromatic rings.